The van der Waals surface area contributed by atoms with Gasteiger partial charge in [-0.25, -0.2) is 4.79 Å². The number of nitrogens with zero attached hydrogens (tertiary/aromatic N) is 3. The fourth-order valence-electron chi connectivity index (χ4n) is 3.00. The average molecular weight is 328 g/mol. The van der Waals surface area contributed by atoms with Gasteiger partial charge in [-0.3, -0.25) is 4.68 Å². The Morgan fingerprint density at radius 3 is 2.83 bits per heavy atom. The Morgan fingerprint density at radius 1 is 1.33 bits per heavy atom. The molecule has 0 radical (unpaired) electrons. The summed E-state index contributed by atoms with van der Waals surface area (Å²) in [6.07, 6.45) is 2.01. The molecule has 1 aromatic heterocycles. The van der Waals surface area contributed by atoms with Crippen molar-refractivity contribution < 1.29 is 9.53 Å². The van der Waals surface area contributed by atoms with Gasteiger partial charge in [0.2, 0.25) is 0 Å². The number of aryl methyl sites for hydroxylation is 1. The first-order chi connectivity index (χ1) is 11.6. The lowest BCUT2D eigenvalue weighted by Crippen LogP contribution is -2.54. The average Bonchev–Trinajstić information content (AvgIpc) is 2.97. The number of hydrogen-bond acceptors (Lipinski definition) is 3. The number of morpholine rings is 1. The van der Waals surface area contributed by atoms with E-state index in [-0.39, 0.29) is 18.2 Å². The summed E-state index contributed by atoms with van der Waals surface area (Å²) >= 11 is 0. The highest BCUT2D eigenvalue weighted by Crippen LogP contribution is 2.21. The van der Waals surface area contributed by atoms with E-state index in [1.54, 1.807) is 4.68 Å². The largest absolute Gasteiger partial charge is 0.375 e. The van der Waals surface area contributed by atoms with Crippen LogP contribution in [0.4, 0.5) is 4.79 Å². The lowest BCUT2D eigenvalue weighted by Gasteiger charge is -2.37. The fraction of sp³-hybridized carbons (Fsp3) is 0.444. The highest BCUT2D eigenvalue weighted by atomic mass is 16.5. The van der Waals surface area contributed by atoms with Crippen LogP contribution in [0.1, 0.15) is 19.4 Å². The Hall–Kier alpha value is -2.34. The maximum Gasteiger partial charge on any atom is 0.318 e. The van der Waals surface area contributed by atoms with Crippen LogP contribution < -0.4 is 5.32 Å². The molecule has 1 saturated heterocycles. The predicted octanol–water partition coefficient (Wildman–Crippen LogP) is 2.41. The molecule has 1 aromatic carbocycles. The third-order valence-corrected chi connectivity index (χ3v) is 4.53. The van der Waals surface area contributed by atoms with Crippen molar-refractivity contribution in [2.24, 2.45) is 7.05 Å². The molecule has 24 heavy (non-hydrogen) atoms. The number of carbonyl (C=O) groups excluding carboxylic acids is 1. The zero-order valence-electron chi connectivity index (χ0n) is 14.4. The summed E-state index contributed by atoms with van der Waals surface area (Å²) in [7, 11) is 1.89. The number of aromatic nitrogens is 2. The lowest BCUT2D eigenvalue weighted by molar-refractivity contribution is -0.0376. The number of carbonyl (C=O) groups is 1. The minimum atomic E-state index is -0.0551. The lowest BCUT2D eigenvalue weighted by atomic mass is 10.1. The van der Waals surface area contributed by atoms with Crippen molar-refractivity contribution in [3.8, 4) is 11.3 Å². The van der Waals surface area contributed by atoms with Gasteiger partial charge < -0.3 is 15.0 Å². The van der Waals surface area contributed by atoms with Gasteiger partial charge in [-0.05, 0) is 13.8 Å². The summed E-state index contributed by atoms with van der Waals surface area (Å²) in [5, 5.41) is 7.55. The van der Waals surface area contributed by atoms with E-state index < -0.39 is 0 Å². The third kappa shape index (κ3) is 3.43. The van der Waals surface area contributed by atoms with Crippen molar-refractivity contribution in [2.45, 2.75) is 32.5 Å². The number of hydrogen-bond donors (Lipinski definition) is 1. The van der Waals surface area contributed by atoms with E-state index >= 15 is 0 Å². The minimum Gasteiger partial charge on any atom is -0.375 e. The molecule has 6 nitrogen and oxygen atoms in total. The van der Waals surface area contributed by atoms with Gasteiger partial charge in [-0.2, -0.15) is 5.10 Å². The molecule has 2 atom stereocenters. The Bertz CT molecular complexity index is 698. The van der Waals surface area contributed by atoms with E-state index in [4.69, 9.17) is 4.74 Å². The highest BCUT2D eigenvalue weighted by molar-refractivity contribution is 5.75. The van der Waals surface area contributed by atoms with Crippen LogP contribution in [0.3, 0.4) is 0 Å². The quantitative estimate of drug-likeness (QED) is 0.941. The molecule has 2 amide bonds. The van der Waals surface area contributed by atoms with Gasteiger partial charge in [-0.1, -0.05) is 30.3 Å². The molecule has 0 aliphatic carbocycles. The van der Waals surface area contributed by atoms with E-state index in [0.29, 0.717) is 19.7 Å². The second-order valence-corrected chi connectivity index (χ2v) is 6.21. The molecular weight excluding hydrogens is 304 g/mol. The Kier molecular flexibility index (Phi) is 4.85. The summed E-state index contributed by atoms with van der Waals surface area (Å²) in [4.78, 5) is 14.4. The second kappa shape index (κ2) is 7.05. The first kappa shape index (κ1) is 16.5. The van der Waals surface area contributed by atoms with Gasteiger partial charge in [0.25, 0.3) is 0 Å². The Morgan fingerprint density at radius 2 is 2.08 bits per heavy atom. The Labute approximate surface area is 142 Å². The van der Waals surface area contributed by atoms with Crippen molar-refractivity contribution in [1.29, 1.82) is 0 Å². The van der Waals surface area contributed by atoms with Crippen LogP contribution in [0.25, 0.3) is 11.3 Å². The third-order valence-electron chi connectivity index (χ3n) is 4.53. The number of rotatable bonds is 3. The number of nitrogens with one attached hydrogen (secondary N) is 1. The van der Waals surface area contributed by atoms with Crippen LogP contribution in [0.2, 0.25) is 0 Å². The molecular formula is C18H24N4O2. The van der Waals surface area contributed by atoms with E-state index in [1.807, 2.05) is 62.3 Å². The summed E-state index contributed by atoms with van der Waals surface area (Å²) < 4.78 is 7.36. The van der Waals surface area contributed by atoms with Crippen LogP contribution >= 0.6 is 0 Å². The van der Waals surface area contributed by atoms with E-state index in [2.05, 4.69) is 10.4 Å². The summed E-state index contributed by atoms with van der Waals surface area (Å²) in [5.41, 5.74) is 2.96. The molecule has 2 heterocycles. The van der Waals surface area contributed by atoms with Crippen molar-refractivity contribution in [3.05, 3.63) is 42.1 Å². The number of benzene rings is 1. The number of urea groups is 1. The van der Waals surface area contributed by atoms with E-state index in [9.17, 15) is 4.79 Å². The molecule has 1 aliphatic rings. The molecule has 1 aliphatic heterocycles. The molecule has 6 heteroatoms. The summed E-state index contributed by atoms with van der Waals surface area (Å²) in [5.74, 6) is 0. The van der Waals surface area contributed by atoms with Crippen LogP contribution in [-0.4, -0.2) is 46.0 Å². The van der Waals surface area contributed by atoms with Crippen LogP contribution in [0, 0.1) is 0 Å². The molecule has 1 N–H and O–H groups in total. The molecule has 1 fully saturated rings. The zero-order valence-corrected chi connectivity index (χ0v) is 14.4. The van der Waals surface area contributed by atoms with Crippen molar-refractivity contribution in [2.75, 3.05) is 13.2 Å². The molecule has 2 aromatic rings. The maximum absolute atomic E-state index is 12.5. The van der Waals surface area contributed by atoms with Gasteiger partial charge in [0.1, 0.15) is 0 Å². The van der Waals surface area contributed by atoms with E-state index in [1.165, 1.54) is 0 Å². The zero-order chi connectivity index (χ0) is 17.1. The normalized spacial score (nSPS) is 20.9. The van der Waals surface area contributed by atoms with Crippen LogP contribution in [-0.2, 0) is 18.3 Å². The van der Waals surface area contributed by atoms with Crippen molar-refractivity contribution in [3.63, 3.8) is 0 Å². The fourth-order valence-corrected chi connectivity index (χ4v) is 3.00. The van der Waals surface area contributed by atoms with Gasteiger partial charge in [0.15, 0.2) is 0 Å². The molecule has 3 rings (SSSR count). The second-order valence-electron chi connectivity index (χ2n) is 6.21. The van der Waals surface area contributed by atoms with Gasteiger partial charge >= 0.3 is 6.03 Å². The van der Waals surface area contributed by atoms with Crippen molar-refractivity contribution >= 4 is 6.03 Å². The maximum atomic E-state index is 12.5. The predicted molar refractivity (Wildman–Crippen MR) is 92.5 cm³/mol. The van der Waals surface area contributed by atoms with Gasteiger partial charge in [0.05, 0.1) is 24.4 Å². The summed E-state index contributed by atoms with van der Waals surface area (Å²) in [6.45, 7) is 5.67. The van der Waals surface area contributed by atoms with Crippen LogP contribution in [0.15, 0.2) is 36.5 Å². The molecule has 2 unspecified atom stereocenters. The first-order valence-corrected chi connectivity index (χ1v) is 8.30. The molecule has 128 valence electrons. The van der Waals surface area contributed by atoms with E-state index in [0.717, 1.165) is 16.8 Å². The monoisotopic (exact) mass is 328 g/mol. The van der Waals surface area contributed by atoms with Gasteiger partial charge in [-0.15, -0.1) is 0 Å². The smallest absolute Gasteiger partial charge is 0.318 e. The SMILES string of the molecule is CC1OCCN(C(=O)NCc2cn(C)nc2-c2ccccc2)C1C. The summed E-state index contributed by atoms with van der Waals surface area (Å²) in [6, 6.07) is 10.0. The number of amides is 2. The van der Waals surface area contributed by atoms with Gasteiger partial charge in [0, 0.05) is 37.5 Å². The van der Waals surface area contributed by atoms with Crippen LogP contribution in [0.5, 0.6) is 0 Å². The molecule has 0 saturated carbocycles. The Balaban J connectivity index is 1.70. The first-order valence-electron chi connectivity index (χ1n) is 8.30. The topological polar surface area (TPSA) is 59.4 Å². The molecule has 0 bridgehead atoms. The standard InChI is InChI=1S/C18H24N4O2/c1-13-14(2)24-10-9-22(13)18(23)19-11-16-12-21(3)20-17(16)15-7-5-4-6-8-15/h4-8,12-14H,9-11H2,1-3H3,(H,19,23). The highest BCUT2D eigenvalue weighted by Gasteiger charge is 2.29. The minimum absolute atomic E-state index is 0.0551. The van der Waals surface area contributed by atoms with Crippen molar-refractivity contribution in [1.82, 2.24) is 20.0 Å². The molecule has 0 spiro atoms. The number of ether oxygens (including phenoxy) is 1.